The summed E-state index contributed by atoms with van der Waals surface area (Å²) in [6.45, 7) is 2.27. The number of halogens is 3. The molecule has 0 unspecified atom stereocenters. The lowest BCUT2D eigenvalue weighted by Crippen LogP contribution is -2.20. The van der Waals surface area contributed by atoms with Gasteiger partial charge in [0.05, 0.1) is 28.2 Å². The molecule has 43 heavy (non-hydrogen) atoms. The van der Waals surface area contributed by atoms with Gasteiger partial charge in [0, 0.05) is 34.3 Å². The lowest BCUT2D eigenvalue weighted by atomic mass is 10.1. The maximum absolute atomic E-state index is 13.6. The Hall–Kier alpha value is -5.51. The van der Waals surface area contributed by atoms with Crippen molar-refractivity contribution in [2.75, 3.05) is 0 Å². The van der Waals surface area contributed by atoms with Gasteiger partial charge in [0.1, 0.15) is 0 Å². The van der Waals surface area contributed by atoms with E-state index in [-0.39, 0.29) is 22.3 Å². The minimum atomic E-state index is -4.58. The molecule has 0 aliphatic heterocycles. The predicted octanol–water partition coefficient (Wildman–Crippen LogP) is 6.97. The van der Waals surface area contributed by atoms with Crippen molar-refractivity contribution in [1.82, 2.24) is 14.2 Å². The third-order valence-electron chi connectivity index (χ3n) is 7.30. The maximum Gasteiger partial charge on any atom is 0.416 e. The number of aromatic nitrogens is 3. The molecule has 10 heteroatoms. The molecule has 0 aliphatic rings. The molecule has 0 amide bonds. The molecule has 7 nitrogen and oxygen atoms in total. The molecule has 1 N–H and O–H groups in total. The molecule has 0 atom stereocenters. The number of hydrogen-bond donors (Lipinski definition) is 1. The lowest BCUT2D eigenvalue weighted by molar-refractivity contribution is -0.137. The van der Waals surface area contributed by atoms with E-state index in [0.717, 1.165) is 39.0 Å². The Morgan fingerprint density at radius 2 is 1.65 bits per heavy atom. The van der Waals surface area contributed by atoms with Gasteiger partial charge in [0.15, 0.2) is 5.82 Å². The minimum Gasteiger partial charge on any atom is -0.478 e. The first-order valence-corrected chi connectivity index (χ1v) is 13.3. The molecule has 0 spiro atoms. The summed E-state index contributed by atoms with van der Waals surface area (Å²) in [6, 6.07) is 25.5. The number of hydrogen-bond acceptors (Lipinski definition) is 4. The largest absolute Gasteiger partial charge is 0.478 e. The molecule has 0 saturated carbocycles. The van der Waals surface area contributed by atoms with Crippen LogP contribution in [0.5, 0.6) is 0 Å². The first-order chi connectivity index (χ1) is 20.6. The SMILES string of the molecule is Cc1c(C=Nn2c(-c3cccc(C(F)(F)F)c3)nc3ccccc3c2=O)c2ccccc2n1Cc1cccc(C(=O)O)c1. The van der Waals surface area contributed by atoms with Crippen LogP contribution in [0, 0.1) is 6.92 Å². The average Bonchev–Trinajstić information content (AvgIpc) is 3.26. The van der Waals surface area contributed by atoms with E-state index in [1.165, 1.54) is 24.4 Å². The quantitative estimate of drug-likeness (QED) is 0.216. The number of benzene rings is 4. The van der Waals surface area contributed by atoms with E-state index in [9.17, 15) is 27.9 Å². The summed E-state index contributed by atoms with van der Waals surface area (Å²) >= 11 is 0. The number of carboxylic acids is 1. The maximum atomic E-state index is 13.6. The Kier molecular flexibility index (Phi) is 6.89. The third-order valence-corrected chi connectivity index (χ3v) is 7.30. The van der Waals surface area contributed by atoms with Crippen LogP contribution in [-0.4, -0.2) is 31.5 Å². The van der Waals surface area contributed by atoms with Gasteiger partial charge in [0.2, 0.25) is 0 Å². The number of rotatable bonds is 6. The normalized spacial score (nSPS) is 12.0. The Morgan fingerprint density at radius 1 is 0.930 bits per heavy atom. The fraction of sp³-hybridized carbons (Fsp3) is 0.0909. The van der Waals surface area contributed by atoms with Gasteiger partial charge in [0.25, 0.3) is 5.56 Å². The van der Waals surface area contributed by atoms with Crippen LogP contribution in [0.2, 0.25) is 0 Å². The Morgan fingerprint density at radius 3 is 2.42 bits per heavy atom. The second kappa shape index (κ2) is 10.7. The summed E-state index contributed by atoms with van der Waals surface area (Å²) in [5.41, 5.74) is 2.36. The van der Waals surface area contributed by atoms with Gasteiger partial charge in [-0.05, 0) is 55.0 Å². The average molecular weight is 581 g/mol. The zero-order chi connectivity index (χ0) is 30.3. The fourth-order valence-corrected chi connectivity index (χ4v) is 5.18. The number of fused-ring (bicyclic) bond motifs is 2. The van der Waals surface area contributed by atoms with E-state index in [4.69, 9.17) is 0 Å². The van der Waals surface area contributed by atoms with E-state index >= 15 is 0 Å². The summed E-state index contributed by atoms with van der Waals surface area (Å²) < 4.78 is 43.7. The van der Waals surface area contributed by atoms with Crippen molar-refractivity contribution in [1.29, 1.82) is 0 Å². The van der Waals surface area contributed by atoms with Gasteiger partial charge in [-0.15, -0.1) is 0 Å². The van der Waals surface area contributed by atoms with E-state index in [2.05, 4.69) is 10.1 Å². The number of nitrogens with zero attached hydrogens (tertiary/aromatic N) is 4. The van der Waals surface area contributed by atoms with Crippen LogP contribution in [0.25, 0.3) is 33.2 Å². The van der Waals surface area contributed by atoms with Gasteiger partial charge >= 0.3 is 12.1 Å². The number of aromatic carboxylic acids is 1. The van der Waals surface area contributed by atoms with Gasteiger partial charge in [-0.3, -0.25) is 4.79 Å². The molecule has 0 saturated heterocycles. The topological polar surface area (TPSA) is 89.5 Å². The van der Waals surface area contributed by atoms with Crippen LogP contribution in [0.15, 0.2) is 107 Å². The van der Waals surface area contributed by atoms with Crippen molar-refractivity contribution in [3.63, 3.8) is 0 Å². The number of carboxylic acid groups (broad SMARTS) is 1. The first kappa shape index (κ1) is 27.6. The number of carbonyl (C=O) groups is 1. The highest BCUT2D eigenvalue weighted by Crippen LogP contribution is 2.32. The zero-order valence-corrected chi connectivity index (χ0v) is 22.7. The highest BCUT2D eigenvalue weighted by Gasteiger charge is 2.31. The monoisotopic (exact) mass is 580 g/mol. The van der Waals surface area contributed by atoms with Crippen molar-refractivity contribution in [2.45, 2.75) is 19.6 Å². The molecule has 2 aromatic heterocycles. The first-order valence-electron chi connectivity index (χ1n) is 13.3. The second-order valence-corrected chi connectivity index (χ2v) is 10.0. The second-order valence-electron chi connectivity index (χ2n) is 10.0. The Labute approximate surface area is 242 Å². The smallest absolute Gasteiger partial charge is 0.416 e. The zero-order valence-electron chi connectivity index (χ0n) is 22.7. The highest BCUT2D eigenvalue weighted by atomic mass is 19.4. The van der Waals surface area contributed by atoms with Crippen LogP contribution >= 0.6 is 0 Å². The molecule has 6 rings (SSSR count). The molecule has 0 aliphatic carbocycles. The summed E-state index contributed by atoms with van der Waals surface area (Å²) in [7, 11) is 0. The Balaban J connectivity index is 1.51. The molecule has 6 aromatic rings. The van der Waals surface area contributed by atoms with Crippen LogP contribution < -0.4 is 5.56 Å². The summed E-state index contributed by atoms with van der Waals surface area (Å²) in [4.78, 5) is 29.7. The molecule has 4 aromatic carbocycles. The molecular formula is C33H23F3N4O3. The van der Waals surface area contributed by atoms with Gasteiger partial charge in [-0.25, -0.2) is 9.78 Å². The number of alkyl halides is 3. The highest BCUT2D eigenvalue weighted by molar-refractivity contribution is 6.01. The molecule has 214 valence electrons. The molecule has 2 heterocycles. The van der Waals surface area contributed by atoms with E-state index in [1.807, 2.05) is 41.8 Å². The summed E-state index contributed by atoms with van der Waals surface area (Å²) in [5, 5.41) is 15.0. The summed E-state index contributed by atoms with van der Waals surface area (Å²) in [6.07, 6.45) is -3.07. The third kappa shape index (κ3) is 5.19. The molecule has 0 bridgehead atoms. The minimum absolute atomic E-state index is 0.0297. The summed E-state index contributed by atoms with van der Waals surface area (Å²) in [5.74, 6) is -1.05. The molecular weight excluding hydrogens is 557 g/mol. The van der Waals surface area contributed by atoms with Gasteiger partial charge in [-0.2, -0.15) is 22.9 Å². The lowest BCUT2D eigenvalue weighted by Gasteiger charge is -2.12. The van der Waals surface area contributed by atoms with Crippen LogP contribution in [0.4, 0.5) is 13.2 Å². The molecule has 0 fully saturated rings. The van der Waals surface area contributed by atoms with Gasteiger partial charge in [-0.1, -0.05) is 54.6 Å². The van der Waals surface area contributed by atoms with E-state index < -0.39 is 23.3 Å². The van der Waals surface area contributed by atoms with Crippen molar-refractivity contribution >= 4 is 34.0 Å². The van der Waals surface area contributed by atoms with Crippen molar-refractivity contribution in [3.05, 3.63) is 135 Å². The fourth-order valence-electron chi connectivity index (χ4n) is 5.18. The van der Waals surface area contributed by atoms with E-state index in [0.29, 0.717) is 17.6 Å². The van der Waals surface area contributed by atoms with Crippen LogP contribution in [0.3, 0.4) is 0 Å². The Bertz CT molecular complexity index is 2130. The van der Waals surface area contributed by atoms with Crippen molar-refractivity contribution < 1.29 is 23.1 Å². The standard InChI is InChI=1S/C33H23F3N4O3/c1-20-27(25-12-3-5-15-29(25)39(20)19-21-8-6-10-23(16-21)32(42)43)18-37-40-30(22-9-7-11-24(17-22)33(34,35)36)38-28-14-4-2-13-26(28)31(40)41/h2-18H,19H2,1H3,(H,42,43). The van der Waals surface area contributed by atoms with Crippen molar-refractivity contribution in [3.8, 4) is 11.4 Å². The van der Waals surface area contributed by atoms with E-state index in [1.54, 1.807) is 36.4 Å². The van der Waals surface area contributed by atoms with Gasteiger partial charge < -0.3 is 9.67 Å². The predicted molar refractivity (Wildman–Crippen MR) is 159 cm³/mol. The van der Waals surface area contributed by atoms with Crippen molar-refractivity contribution in [2.24, 2.45) is 5.10 Å². The number of para-hydroxylation sites is 2. The van der Waals surface area contributed by atoms with Crippen LogP contribution in [0.1, 0.15) is 32.7 Å². The molecule has 0 radical (unpaired) electrons. The van der Waals surface area contributed by atoms with Crippen LogP contribution in [-0.2, 0) is 12.7 Å².